The largest absolute Gasteiger partial charge is 0.481 e. The van der Waals surface area contributed by atoms with E-state index in [4.69, 9.17) is 5.11 Å². The summed E-state index contributed by atoms with van der Waals surface area (Å²) in [6.45, 7) is 4.97. The summed E-state index contributed by atoms with van der Waals surface area (Å²) >= 11 is 0. The van der Waals surface area contributed by atoms with Gasteiger partial charge in [-0.05, 0) is 30.5 Å². The van der Waals surface area contributed by atoms with Crippen molar-refractivity contribution >= 4 is 29.2 Å². The Balaban J connectivity index is 2.70. The van der Waals surface area contributed by atoms with Crippen LogP contribution in [0.1, 0.15) is 32.3 Å². The van der Waals surface area contributed by atoms with Crippen LogP contribution in [0.15, 0.2) is 18.2 Å². The Morgan fingerprint density at radius 1 is 1.19 bits per heavy atom. The normalized spacial score (nSPS) is 11.6. The van der Waals surface area contributed by atoms with Crippen LogP contribution in [0.5, 0.6) is 0 Å². The van der Waals surface area contributed by atoms with Crippen LogP contribution in [-0.4, -0.2) is 22.9 Å². The first-order valence-corrected chi connectivity index (χ1v) is 6.67. The zero-order chi connectivity index (χ0) is 16.0. The number of carbonyl (C=O) groups is 3. The van der Waals surface area contributed by atoms with Gasteiger partial charge in [-0.25, -0.2) is 0 Å². The minimum absolute atomic E-state index is 0.0433. The molecule has 0 heterocycles. The van der Waals surface area contributed by atoms with Gasteiger partial charge in [-0.3, -0.25) is 14.4 Å². The number of rotatable bonds is 6. The predicted molar refractivity (Wildman–Crippen MR) is 80.1 cm³/mol. The van der Waals surface area contributed by atoms with Crippen LogP contribution in [0.2, 0.25) is 0 Å². The molecular weight excluding hydrogens is 272 g/mol. The molecule has 0 saturated carbocycles. The van der Waals surface area contributed by atoms with Crippen LogP contribution in [-0.2, 0) is 14.4 Å². The molecule has 0 bridgehead atoms. The summed E-state index contributed by atoms with van der Waals surface area (Å²) in [6.07, 6.45) is 0.0917. The molecule has 114 valence electrons. The second kappa shape index (κ2) is 7.42. The van der Waals surface area contributed by atoms with E-state index < -0.39 is 5.97 Å². The molecule has 2 amide bonds. The van der Waals surface area contributed by atoms with Gasteiger partial charge in [0.25, 0.3) is 0 Å². The van der Waals surface area contributed by atoms with Gasteiger partial charge in [0, 0.05) is 31.1 Å². The maximum Gasteiger partial charge on any atom is 0.303 e. The van der Waals surface area contributed by atoms with E-state index in [1.54, 1.807) is 25.1 Å². The second-order valence-electron chi connectivity index (χ2n) is 5.17. The van der Waals surface area contributed by atoms with E-state index in [2.05, 4.69) is 10.6 Å². The second-order valence-corrected chi connectivity index (χ2v) is 5.17. The Bertz CT molecular complexity index is 555. The number of carboxylic acids is 1. The molecule has 0 fully saturated rings. The Hall–Kier alpha value is -2.37. The van der Waals surface area contributed by atoms with Crippen molar-refractivity contribution in [2.45, 2.75) is 33.6 Å². The van der Waals surface area contributed by atoms with Gasteiger partial charge >= 0.3 is 5.97 Å². The SMILES string of the molecule is CC(=O)Nc1ccc(C)c(NC(=O)CC(C)CC(=O)O)c1. The van der Waals surface area contributed by atoms with Gasteiger partial charge in [0.2, 0.25) is 11.8 Å². The van der Waals surface area contributed by atoms with Crippen LogP contribution in [0.3, 0.4) is 0 Å². The van der Waals surface area contributed by atoms with Crippen molar-refractivity contribution in [1.29, 1.82) is 0 Å². The van der Waals surface area contributed by atoms with Crippen molar-refractivity contribution in [3.05, 3.63) is 23.8 Å². The highest BCUT2D eigenvalue weighted by molar-refractivity contribution is 5.94. The highest BCUT2D eigenvalue weighted by atomic mass is 16.4. The van der Waals surface area contributed by atoms with Gasteiger partial charge in [-0.1, -0.05) is 13.0 Å². The maximum atomic E-state index is 11.9. The van der Waals surface area contributed by atoms with Gasteiger partial charge in [0.05, 0.1) is 0 Å². The topological polar surface area (TPSA) is 95.5 Å². The van der Waals surface area contributed by atoms with Gasteiger partial charge in [-0.15, -0.1) is 0 Å². The molecule has 0 spiro atoms. The van der Waals surface area contributed by atoms with Crippen molar-refractivity contribution < 1.29 is 19.5 Å². The van der Waals surface area contributed by atoms with Crippen molar-refractivity contribution in [2.24, 2.45) is 5.92 Å². The number of hydrogen-bond acceptors (Lipinski definition) is 3. The number of carbonyl (C=O) groups excluding carboxylic acids is 2. The van der Waals surface area contributed by atoms with E-state index in [9.17, 15) is 14.4 Å². The van der Waals surface area contributed by atoms with E-state index in [-0.39, 0.29) is 30.6 Å². The molecule has 0 aliphatic heterocycles. The Morgan fingerprint density at radius 3 is 2.43 bits per heavy atom. The van der Waals surface area contributed by atoms with Gasteiger partial charge in [-0.2, -0.15) is 0 Å². The number of carboxylic acid groups (broad SMARTS) is 1. The lowest BCUT2D eigenvalue weighted by Crippen LogP contribution is -2.17. The number of benzene rings is 1. The number of aryl methyl sites for hydroxylation is 1. The zero-order valence-electron chi connectivity index (χ0n) is 12.4. The highest BCUT2D eigenvalue weighted by Crippen LogP contribution is 2.21. The van der Waals surface area contributed by atoms with E-state index in [1.807, 2.05) is 6.92 Å². The van der Waals surface area contributed by atoms with Gasteiger partial charge in [0.15, 0.2) is 0 Å². The van der Waals surface area contributed by atoms with E-state index in [0.29, 0.717) is 11.4 Å². The summed E-state index contributed by atoms with van der Waals surface area (Å²) in [6, 6.07) is 5.22. The first-order chi connectivity index (χ1) is 9.77. The number of hydrogen-bond donors (Lipinski definition) is 3. The van der Waals surface area contributed by atoms with Crippen molar-refractivity contribution in [2.75, 3.05) is 10.6 Å². The molecule has 6 nitrogen and oxygen atoms in total. The smallest absolute Gasteiger partial charge is 0.303 e. The third kappa shape index (κ3) is 6.07. The fourth-order valence-electron chi connectivity index (χ4n) is 1.93. The third-order valence-corrected chi connectivity index (χ3v) is 2.89. The average molecular weight is 292 g/mol. The molecule has 1 rings (SSSR count). The first kappa shape index (κ1) is 16.7. The van der Waals surface area contributed by atoms with Crippen molar-refractivity contribution in [3.8, 4) is 0 Å². The molecule has 6 heteroatoms. The first-order valence-electron chi connectivity index (χ1n) is 6.67. The Kier molecular flexibility index (Phi) is 5.90. The molecule has 0 aliphatic carbocycles. The molecule has 1 aromatic carbocycles. The summed E-state index contributed by atoms with van der Waals surface area (Å²) < 4.78 is 0. The van der Waals surface area contributed by atoms with Crippen LogP contribution in [0, 0.1) is 12.8 Å². The summed E-state index contributed by atoms with van der Waals surface area (Å²) in [5.74, 6) is -1.58. The van der Waals surface area contributed by atoms with E-state index in [1.165, 1.54) is 6.92 Å². The monoisotopic (exact) mass is 292 g/mol. The predicted octanol–water partition coefficient (Wildman–Crippen LogP) is 2.39. The minimum atomic E-state index is -0.917. The molecular formula is C15H20N2O4. The van der Waals surface area contributed by atoms with Crippen molar-refractivity contribution in [3.63, 3.8) is 0 Å². The summed E-state index contributed by atoms with van der Waals surface area (Å²) in [5, 5.41) is 14.1. The van der Waals surface area contributed by atoms with Crippen LogP contribution in [0.25, 0.3) is 0 Å². The molecule has 1 atom stereocenters. The third-order valence-electron chi connectivity index (χ3n) is 2.89. The maximum absolute atomic E-state index is 11.9. The lowest BCUT2D eigenvalue weighted by molar-refractivity contribution is -0.138. The number of aliphatic carboxylic acids is 1. The number of nitrogens with one attached hydrogen (secondary N) is 2. The number of amides is 2. The molecule has 0 radical (unpaired) electrons. The highest BCUT2D eigenvalue weighted by Gasteiger charge is 2.13. The molecule has 0 aromatic heterocycles. The Morgan fingerprint density at radius 2 is 1.86 bits per heavy atom. The quantitative estimate of drug-likeness (QED) is 0.750. The summed E-state index contributed by atoms with van der Waals surface area (Å²) in [4.78, 5) is 33.5. The van der Waals surface area contributed by atoms with Crippen LogP contribution >= 0.6 is 0 Å². The summed E-state index contributed by atoms with van der Waals surface area (Å²) in [5.41, 5.74) is 2.07. The fourth-order valence-corrected chi connectivity index (χ4v) is 1.93. The molecule has 1 unspecified atom stereocenters. The summed E-state index contributed by atoms with van der Waals surface area (Å²) in [7, 11) is 0. The van der Waals surface area contributed by atoms with E-state index in [0.717, 1.165) is 5.56 Å². The fraction of sp³-hybridized carbons (Fsp3) is 0.400. The van der Waals surface area contributed by atoms with Crippen molar-refractivity contribution in [1.82, 2.24) is 0 Å². The van der Waals surface area contributed by atoms with Crippen LogP contribution in [0.4, 0.5) is 11.4 Å². The number of anilines is 2. The standard InChI is InChI=1S/C15H20N2O4/c1-9(7-15(20)21)6-14(19)17-13-8-12(16-11(3)18)5-4-10(13)2/h4-5,8-9H,6-7H2,1-3H3,(H,16,18)(H,17,19)(H,20,21). The minimum Gasteiger partial charge on any atom is -0.481 e. The average Bonchev–Trinajstić information content (AvgIpc) is 2.31. The molecule has 0 saturated heterocycles. The molecule has 21 heavy (non-hydrogen) atoms. The molecule has 1 aromatic rings. The van der Waals surface area contributed by atoms with Gasteiger partial charge < -0.3 is 15.7 Å². The molecule has 0 aliphatic rings. The van der Waals surface area contributed by atoms with E-state index >= 15 is 0 Å². The molecule has 3 N–H and O–H groups in total. The lowest BCUT2D eigenvalue weighted by Gasteiger charge is -2.13. The van der Waals surface area contributed by atoms with Crippen LogP contribution < -0.4 is 10.6 Å². The lowest BCUT2D eigenvalue weighted by atomic mass is 10.0. The Labute approximate surface area is 123 Å². The zero-order valence-corrected chi connectivity index (χ0v) is 12.4. The van der Waals surface area contributed by atoms with Gasteiger partial charge in [0.1, 0.15) is 0 Å².